The average Bonchev–Trinajstić information content (AvgIpc) is 3.09. The van der Waals surface area contributed by atoms with E-state index in [1.807, 2.05) is 0 Å². The fraction of sp³-hybridized carbons (Fsp3) is 0.333. The van der Waals surface area contributed by atoms with Crippen LogP contribution in [0.1, 0.15) is 48.0 Å². The van der Waals surface area contributed by atoms with Gasteiger partial charge in [0, 0.05) is 18.7 Å². The third-order valence-electron chi connectivity index (χ3n) is 6.06. The summed E-state index contributed by atoms with van der Waals surface area (Å²) in [6.07, 6.45) is 0.735. The summed E-state index contributed by atoms with van der Waals surface area (Å²) in [4.78, 5) is 41.3. The molecule has 0 aliphatic carbocycles. The Labute approximate surface area is 185 Å². The SMILES string of the molecule is CCN(CC)CCCN1C(=O)c2oc3ccccc3c(=O)c2[C@H]1c1ccc([N+](=O)[O-])cc1. The molecule has 0 spiro atoms. The van der Waals surface area contributed by atoms with Crippen LogP contribution in [-0.2, 0) is 0 Å². The molecule has 3 aromatic rings. The fourth-order valence-electron chi connectivity index (χ4n) is 4.33. The molecule has 0 unspecified atom stereocenters. The number of rotatable bonds is 8. The molecule has 4 rings (SSSR count). The van der Waals surface area contributed by atoms with Crippen LogP contribution in [-0.4, -0.2) is 46.8 Å². The van der Waals surface area contributed by atoms with Crippen LogP contribution in [0.5, 0.6) is 0 Å². The zero-order chi connectivity index (χ0) is 22.8. The second-order valence-corrected chi connectivity index (χ2v) is 7.80. The van der Waals surface area contributed by atoms with Crippen LogP contribution in [0.3, 0.4) is 0 Å². The Kier molecular flexibility index (Phi) is 6.05. The highest BCUT2D eigenvalue weighted by Crippen LogP contribution is 2.38. The van der Waals surface area contributed by atoms with Gasteiger partial charge in [-0.05, 0) is 55.9 Å². The second kappa shape index (κ2) is 8.92. The number of carbonyl (C=O) groups excluding carboxylic acids is 1. The van der Waals surface area contributed by atoms with E-state index in [1.165, 1.54) is 12.1 Å². The summed E-state index contributed by atoms with van der Waals surface area (Å²) in [6.45, 7) is 7.28. The number of nitrogens with zero attached hydrogens (tertiary/aromatic N) is 3. The van der Waals surface area contributed by atoms with Gasteiger partial charge in [-0.3, -0.25) is 19.7 Å². The lowest BCUT2D eigenvalue weighted by molar-refractivity contribution is -0.384. The molecule has 8 nitrogen and oxygen atoms in total. The number of fused-ring (bicyclic) bond motifs is 2. The minimum Gasteiger partial charge on any atom is -0.450 e. The Morgan fingerprint density at radius 2 is 1.75 bits per heavy atom. The summed E-state index contributed by atoms with van der Waals surface area (Å²) < 4.78 is 5.90. The summed E-state index contributed by atoms with van der Waals surface area (Å²) in [5.41, 5.74) is 1.03. The van der Waals surface area contributed by atoms with Gasteiger partial charge in [-0.1, -0.05) is 26.0 Å². The number of carbonyl (C=O) groups is 1. The first-order valence-corrected chi connectivity index (χ1v) is 10.8. The van der Waals surface area contributed by atoms with Crippen molar-refractivity contribution < 1.29 is 14.1 Å². The van der Waals surface area contributed by atoms with Crippen molar-refractivity contribution in [2.75, 3.05) is 26.2 Å². The zero-order valence-corrected chi connectivity index (χ0v) is 18.1. The first kappa shape index (κ1) is 21.7. The van der Waals surface area contributed by atoms with E-state index >= 15 is 0 Å². The molecule has 166 valence electrons. The van der Waals surface area contributed by atoms with Crippen molar-refractivity contribution in [3.8, 4) is 0 Å². The quantitative estimate of drug-likeness (QED) is 0.392. The number of nitro benzene ring substituents is 1. The number of hydrogen-bond acceptors (Lipinski definition) is 6. The number of para-hydroxylation sites is 1. The predicted molar refractivity (Wildman–Crippen MR) is 121 cm³/mol. The van der Waals surface area contributed by atoms with Gasteiger partial charge in [-0.25, -0.2) is 0 Å². The van der Waals surface area contributed by atoms with Crippen LogP contribution in [0, 0.1) is 10.1 Å². The lowest BCUT2D eigenvalue weighted by Gasteiger charge is -2.26. The lowest BCUT2D eigenvalue weighted by atomic mass is 9.98. The van der Waals surface area contributed by atoms with Crippen molar-refractivity contribution in [2.24, 2.45) is 0 Å². The maximum atomic E-state index is 13.4. The summed E-state index contributed by atoms with van der Waals surface area (Å²) in [5.74, 6) is -0.273. The van der Waals surface area contributed by atoms with Gasteiger partial charge in [0.2, 0.25) is 5.76 Å². The van der Waals surface area contributed by atoms with Crippen molar-refractivity contribution in [1.29, 1.82) is 0 Å². The number of amides is 1. The van der Waals surface area contributed by atoms with Gasteiger partial charge in [0.1, 0.15) is 5.58 Å². The van der Waals surface area contributed by atoms with Gasteiger partial charge in [-0.15, -0.1) is 0 Å². The monoisotopic (exact) mass is 435 g/mol. The van der Waals surface area contributed by atoms with Gasteiger partial charge < -0.3 is 14.2 Å². The van der Waals surface area contributed by atoms with E-state index < -0.39 is 11.0 Å². The molecule has 0 N–H and O–H groups in total. The molecule has 8 heteroatoms. The zero-order valence-electron chi connectivity index (χ0n) is 18.1. The number of nitro groups is 1. The molecule has 2 aromatic carbocycles. The lowest BCUT2D eigenvalue weighted by Crippen LogP contribution is -2.33. The smallest absolute Gasteiger partial charge is 0.290 e. The highest BCUT2D eigenvalue weighted by atomic mass is 16.6. The first-order chi connectivity index (χ1) is 15.5. The number of hydrogen-bond donors (Lipinski definition) is 0. The first-order valence-electron chi connectivity index (χ1n) is 10.8. The Balaban J connectivity index is 1.78. The minimum atomic E-state index is -0.643. The van der Waals surface area contributed by atoms with E-state index in [0.29, 0.717) is 28.6 Å². The van der Waals surface area contributed by atoms with Crippen molar-refractivity contribution in [3.63, 3.8) is 0 Å². The summed E-state index contributed by atoms with van der Waals surface area (Å²) in [5, 5.41) is 11.5. The van der Waals surface area contributed by atoms with E-state index in [2.05, 4.69) is 18.7 Å². The minimum absolute atomic E-state index is 0.0445. The number of benzene rings is 2. The van der Waals surface area contributed by atoms with Crippen LogP contribution in [0.25, 0.3) is 11.0 Å². The topological polar surface area (TPSA) is 96.9 Å². The largest absolute Gasteiger partial charge is 0.450 e. The second-order valence-electron chi connectivity index (χ2n) is 7.80. The molecule has 1 aromatic heterocycles. The molecule has 1 atom stereocenters. The molecule has 1 aliphatic heterocycles. The van der Waals surface area contributed by atoms with E-state index in [4.69, 9.17) is 4.42 Å². The van der Waals surface area contributed by atoms with Crippen LogP contribution in [0.15, 0.2) is 57.7 Å². The van der Waals surface area contributed by atoms with E-state index in [9.17, 15) is 19.7 Å². The van der Waals surface area contributed by atoms with Gasteiger partial charge in [0.25, 0.3) is 11.6 Å². The van der Waals surface area contributed by atoms with E-state index in [1.54, 1.807) is 41.3 Å². The van der Waals surface area contributed by atoms with Crippen molar-refractivity contribution in [3.05, 3.63) is 85.8 Å². The molecule has 32 heavy (non-hydrogen) atoms. The van der Waals surface area contributed by atoms with E-state index in [0.717, 1.165) is 26.1 Å². The molecular formula is C24H25N3O5. The highest BCUT2D eigenvalue weighted by Gasteiger charge is 2.42. The fourth-order valence-corrected chi connectivity index (χ4v) is 4.33. The van der Waals surface area contributed by atoms with Crippen molar-refractivity contribution in [2.45, 2.75) is 26.3 Å². The molecule has 2 heterocycles. The van der Waals surface area contributed by atoms with Crippen molar-refractivity contribution >= 4 is 22.6 Å². The van der Waals surface area contributed by atoms with Crippen LogP contribution >= 0.6 is 0 Å². The number of non-ortho nitro benzene ring substituents is 1. The molecule has 0 saturated heterocycles. The molecule has 0 fully saturated rings. The normalized spacial score (nSPS) is 15.5. The average molecular weight is 435 g/mol. The van der Waals surface area contributed by atoms with Crippen LogP contribution in [0.2, 0.25) is 0 Å². The van der Waals surface area contributed by atoms with Gasteiger partial charge in [0.05, 0.1) is 21.9 Å². The summed E-state index contributed by atoms with van der Waals surface area (Å²) in [6, 6.07) is 12.2. The molecule has 0 saturated carbocycles. The Hall–Kier alpha value is -3.52. The third-order valence-corrected chi connectivity index (χ3v) is 6.06. The maximum absolute atomic E-state index is 13.4. The van der Waals surface area contributed by atoms with E-state index in [-0.39, 0.29) is 22.8 Å². The standard InChI is InChI=1S/C24H25N3O5/c1-3-25(4-2)14-7-15-26-21(16-10-12-17(13-11-16)27(30)31)20-22(28)18-8-5-6-9-19(18)32-23(20)24(26)29/h5-6,8-13,21H,3-4,7,14-15H2,1-2H3/t21-/m1/s1. The molecule has 0 bridgehead atoms. The summed E-state index contributed by atoms with van der Waals surface area (Å²) >= 11 is 0. The van der Waals surface area contributed by atoms with Gasteiger partial charge >= 0.3 is 0 Å². The maximum Gasteiger partial charge on any atom is 0.290 e. The van der Waals surface area contributed by atoms with Crippen LogP contribution < -0.4 is 5.43 Å². The molecule has 1 aliphatic rings. The van der Waals surface area contributed by atoms with Crippen molar-refractivity contribution in [1.82, 2.24) is 9.80 Å². The Bertz CT molecular complexity index is 1210. The third kappa shape index (κ3) is 3.78. The van der Waals surface area contributed by atoms with Crippen LogP contribution in [0.4, 0.5) is 5.69 Å². The summed E-state index contributed by atoms with van der Waals surface area (Å²) in [7, 11) is 0. The molecule has 1 amide bonds. The Morgan fingerprint density at radius 1 is 1.06 bits per heavy atom. The van der Waals surface area contributed by atoms with Gasteiger partial charge in [-0.2, -0.15) is 0 Å². The predicted octanol–water partition coefficient (Wildman–Crippen LogP) is 3.98. The highest BCUT2D eigenvalue weighted by molar-refractivity contribution is 5.99. The molecular weight excluding hydrogens is 410 g/mol. The van der Waals surface area contributed by atoms with Gasteiger partial charge in [0.15, 0.2) is 5.43 Å². The molecule has 0 radical (unpaired) electrons. The Morgan fingerprint density at radius 3 is 2.41 bits per heavy atom.